The summed E-state index contributed by atoms with van der Waals surface area (Å²) in [5.74, 6) is -0.734. The van der Waals surface area contributed by atoms with Gasteiger partial charge < -0.3 is 10.2 Å². The molecule has 1 fully saturated rings. The number of halogens is 2. The average Bonchev–Trinajstić information content (AvgIpc) is 3.07. The molecule has 1 saturated carbocycles. The molecule has 0 spiro atoms. The van der Waals surface area contributed by atoms with E-state index in [-0.39, 0.29) is 29.8 Å². The average molecular weight is 737 g/mol. The maximum Gasteiger partial charge on any atom is 0.264 e. The van der Waals surface area contributed by atoms with Gasteiger partial charge in [-0.05, 0) is 78.9 Å². The van der Waals surface area contributed by atoms with E-state index in [0.717, 1.165) is 52.0 Å². The first-order chi connectivity index (χ1) is 22.6. The molecular weight excluding hydrogens is 698 g/mol. The van der Waals surface area contributed by atoms with E-state index in [4.69, 9.17) is 11.6 Å². The lowest BCUT2D eigenvalue weighted by molar-refractivity contribution is -0.140. The molecule has 1 aliphatic rings. The van der Waals surface area contributed by atoms with Crippen LogP contribution in [0.4, 0.5) is 5.69 Å². The number of benzene rings is 4. The van der Waals surface area contributed by atoms with Crippen molar-refractivity contribution in [1.29, 1.82) is 0 Å². The standard InChI is InChI=1S/C37H39BrClN3O4S/c1-27-10-8-9-15-34(27)42(47(45,46)33-22-20-31(39)21-23-33)26-36(43)41(25-29-16-18-30(38)19-17-29)35(24-28-11-4-2-5-12-28)37(44)40-32-13-6-3-7-14-32/h2,4-5,8-12,15-23,32,35H,3,6-7,13-14,24-26H2,1H3,(H,40,44)/t35-/m0/s1. The van der Waals surface area contributed by atoms with Crippen LogP contribution in [0.5, 0.6) is 0 Å². The Bertz CT molecular complexity index is 1760. The number of aryl methyl sites for hydroxylation is 1. The summed E-state index contributed by atoms with van der Waals surface area (Å²) >= 11 is 9.57. The van der Waals surface area contributed by atoms with Crippen LogP contribution in [0.2, 0.25) is 5.02 Å². The van der Waals surface area contributed by atoms with Gasteiger partial charge in [-0.3, -0.25) is 13.9 Å². The quantitative estimate of drug-likeness (QED) is 0.162. The van der Waals surface area contributed by atoms with Crippen LogP contribution < -0.4 is 9.62 Å². The molecule has 47 heavy (non-hydrogen) atoms. The summed E-state index contributed by atoms with van der Waals surface area (Å²) in [6, 6.07) is 29.3. The Hall–Kier alpha value is -3.66. The molecule has 1 atom stereocenters. The minimum Gasteiger partial charge on any atom is -0.352 e. The first kappa shape index (κ1) is 34.7. The molecule has 0 aromatic heterocycles. The van der Waals surface area contributed by atoms with Crippen LogP contribution >= 0.6 is 27.5 Å². The van der Waals surface area contributed by atoms with E-state index < -0.39 is 28.5 Å². The number of rotatable bonds is 12. The van der Waals surface area contributed by atoms with Gasteiger partial charge in [-0.15, -0.1) is 0 Å². The molecule has 7 nitrogen and oxygen atoms in total. The van der Waals surface area contributed by atoms with E-state index in [1.165, 1.54) is 29.2 Å². The maximum absolute atomic E-state index is 14.7. The zero-order valence-electron chi connectivity index (χ0n) is 26.3. The van der Waals surface area contributed by atoms with Crippen molar-refractivity contribution in [2.45, 2.75) is 69.0 Å². The van der Waals surface area contributed by atoms with Crippen molar-refractivity contribution in [3.05, 3.63) is 129 Å². The monoisotopic (exact) mass is 735 g/mol. The van der Waals surface area contributed by atoms with E-state index >= 15 is 0 Å². The van der Waals surface area contributed by atoms with Gasteiger partial charge in [0.25, 0.3) is 10.0 Å². The zero-order chi connectivity index (χ0) is 33.4. The minimum atomic E-state index is -4.21. The summed E-state index contributed by atoms with van der Waals surface area (Å²) in [4.78, 5) is 30.4. The number of nitrogens with zero attached hydrogens (tertiary/aromatic N) is 2. The highest BCUT2D eigenvalue weighted by atomic mass is 79.9. The molecule has 4 aromatic rings. The molecule has 0 radical (unpaired) electrons. The topological polar surface area (TPSA) is 86.8 Å². The van der Waals surface area contributed by atoms with Crippen LogP contribution in [-0.4, -0.2) is 43.8 Å². The number of sulfonamides is 1. The number of para-hydroxylation sites is 1. The highest BCUT2D eigenvalue weighted by Gasteiger charge is 2.35. The Morgan fingerprint density at radius 3 is 2.15 bits per heavy atom. The predicted molar refractivity (Wildman–Crippen MR) is 191 cm³/mol. The fourth-order valence-electron chi connectivity index (χ4n) is 5.98. The van der Waals surface area contributed by atoms with E-state index in [9.17, 15) is 18.0 Å². The molecular formula is C37H39BrClN3O4S. The minimum absolute atomic E-state index is 0.00768. The number of carbonyl (C=O) groups excluding carboxylic acids is 2. The summed E-state index contributed by atoms with van der Waals surface area (Å²) in [5, 5.41) is 3.64. The predicted octanol–water partition coefficient (Wildman–Crippen LogP) is 7.70. The molecule has 0 bridgehead atoms. The molecule has 2 amide bonds. The molecule has 4 aromatic carbocycles. The zero-order valence-corrected chi connectivity index (χ0v) is 29.5. The van der Waals surface area contributed by atoms with Gasteiger partial charge in [0, 0.05) is 28.5 Å². The Kier molecular flexibility index (Phi) is 11.8. The van der Waals surface area contributed by atoms with Crippen LogP contribution in [0.15, 0.2) is 112 Å². The van der Waals surface area contributed by atoms with Crippen LogP contribution in [-0.2, 0) is 32.6 Å². The smallest absolute Gasteiger partial charge is 0.264 e. The van der Waals surface area contributed by atoms with Crippen molar-refractivity contribution in [3.63, 3.8) is 0 Å². The second-order valence-corrected chi connectivity index (χ2v) is 15.2. The van der Waals surface area contributed by atoms with Gasteiger partial charge in [0.1, 0.15) is 12.6 Å². The molecule has 0 aliphatic heterocycles. The second kappa shape index (κ2) is 16.0. The number of amides is 2. The molecule has 0 heterocycles. The first-order valence-electron chi connectivity index (χ1n) is 15.8. The van der Waals surface area contributed by atoms with Crippen molar-refractivity contribution in [2.24, 2.45) is 0 Å². The highest BCUT2D eigenvalue weighted by Crippen LogP contribution is 2.29. The Balaban J connectivity index is 1.56. The van der Waals surface area contributed by atoms with Crippen LogP contribution in [0.1, 0.15) is 48.8 Å². The van der Waals surface area contributed by atoms with Crippen LogP contribution in [0, 0.1) is 6.92 Å². The van der Waals surface area contributed by atoms with Crippen molar-refractivity contribution in [2.75, 3.05) is 10.8 Å². The third-order valence-corrected chi connectivity index (χ3v) is 11.1. The lowest BCUT2D eigenvalue weighted by atomic mass is 9.94. The van der Waals surface area contributed by atoms with E-state index in [1.807, 2.05) is 60.7 Å². The van der Waals surface area contributed by atoms with Gasteiger partial charge in [-0.25, -0.2) is 8.42 Å². The summed E-state index contributed by atoms with van der Waals surface area (Å²) < 4.78 is 30.5. The lowest BCUT2D eigenvalue weighted by Gasteiger charge is -2.35. The van der Waals surface area contributed by atoms with E-state index in [0.29, 0.717) is 16.3 Å². The van der Waals surface area contributed by atoms with Gasteiger partial charge >= 0.3 is 0 Å². The Labute approximate surface area is 291 Å². The summed E-state index contributed by atoms with van der Waals surface area (Å²) in [6.45, 7) is 1.41. The van der Waals surface area contributed by atoms with Crippen LogP contribution in [0.3, 0.4) is 0 Å². The lowest BCUT2D eigenvalue weighted by Crippen LogP contribution is -2.55. The van der Waals surface area contributed by atoms with E-state index in [2.05, 4.69) is 21.2 Å². The van der Waals surface area contributed by atoms with Crippen molar-refractivity contribution < 1.29 is 18.0 Å². The fourth-order valence-corrected chi connectivity index (χ4v) is 7.84. The van der Waals surface area contributed by atoms with Gasteiger partial charge in [-0.2, -0.15) is 0 Å². The molecule has 10 heteroatoms. The van der Waals surface area contributed by atoms with Gasteiger partial charge in [0.15, 0.2) is 0 Å². The number of hydrogen-bond acceptors (Lipinski definition) is 4. The molecule has 0 saturated heterocycles. The third-order valence-electron chi connectivity index (χ3n) is 8.55. The second-order valence-electron chi connectivity index (χ2n) is 11.9. The molecule has 5 rings (SSSR count). The molecule has 1 aliphatic carbocycles. The normalized spacial score (nSPS) is 14.3. The fraction of sp³-hybridized carbons (Fsp3) is 0.297. The summed E-state index contributed by atoms with van der Waals surface area (Å²) in [6.07, 6.45) is 5.30. The Morgan fingerprint density at radius 1 is 0.851 bits per heavy atom. The summed E-state index contributed by atoms with van der Waals surface area (Å²) in [7, 11) is -4.21. The summed E-state index contributed by atoms with van der Waals surface area (Å²) in [5.41, 5.74) is 2.78. The highest BCUT2D eigenvalue weighted by molar-refractivity contribution is 9.10. The van der Waals surface area contributed by atoms with Crippen molar-refractivity contribution in [1.82, 2.24) is 10.2 Å². The number of anilines is 1. The Morgan fingerprint density at radius 2 is 1.49 bits per heavy atom. The maximum atomic E-state index is 14.7. The van der Waals surface area contributed by atoms with E-state index in [1.54, 1.807) is 25.1 Å². The molecule has 246 valence electrons. The molecule has 1 N–H and O–H groups in total. The van der Waals surface area contributed by atoms with Gasteiger partial charge in [0.2, 0.25) is 11.8 Å². The van der Waals surface area contributed by atoms with Crippen molar-refractivity contribution in [3.8, 4) is 0 Å². The van der Waals surface area contributed by atoms with Crippen LogP contribution in [0.25, 0.3) is 0 Å². The SMILES string of the molecule is Cc1ccccc1N(CC(=O)N(Cc1ccc(Br)cc1)[C@@H](Cc1ccccc1)C(=O)NC1CCCCC1)S(=O)(=O)c1ccc(Cl)cc1. The van der Waals surface area contributed by atoms with Gasteiger partial charge in [0.05, 0.1) is 10.6 Å². The number of hydrogen-bond donors (Lipinski definition) is 1. The first-order valence-corrected chi connectivity index (χ1v) is 18.4. The largest absolute Gasteiger partial charge is 0.352 e. The number of carbonyl (C=O) groups is 2. The van der Waals surface area contributed by atoms with Crippen molar-refractivity contribution >= 4 is 55.1 Å². The van der Waals surface area contributed by atoms with Gasteiger partial charge in [-0.1, -0.05) is 107 Å². The molecule has 0 unspecified atom stereocenters. The number of nitrogens with one attached hydrogen (secondary N) is 1. The third kappa shape index (κ3) is 9.03.